The summed E-state index contributed by atoms with van der Waals surface area (Å²) in [5.41, 5.74) is 3.73. The number of hydrogen-bond donors (Lipinski definition) is 1. The summed E-state index contributed by atoms with van der Waals surface area (Å²) in [6, 6.07) is 8.58. The number of ether oxygens (including phenoxy) is 1. The molecule has 0 aliphatic rings. The molecule has 0 atom stereocenters. The lowest BCUT2D eigenvalue weighted by Gasteiger charge is -2.13. The summed E-state index contributed by atoms with van der Waals surface area (Å²) < 4.78 is 6.02. The van der Waals surface area contributed by atoms with Crippen LogP contribution in [0.1, 0.15) is 26.4 Å². The fourth-order valence-electron chi connectivity index (χ4n) is 2.06. The first kappa shape index (κ1) is 14.1. The van der Waals surface area contributed by atoms with Crippen molar-refractivity contribution in [1.29, 1.82) is 0 Å². The predicted molar refractivity (Wildman–Crippen MR) is 82.1 cm³/mol. The van der Waals surface area contributed by atoms with E-state index in [-0.39, 0.29) is 0 Å². The molecule has 0 bridgehead atoms. The van der Waals surface area contributed by atoms with Crippen molar-refractivity contribution in [3.05, 3.63) is 50.7 Å². The summed E-state index contributed by atoms with van der Waals surface area (Å²) in [5.74, 6) is 1.03. The maximum atomic E-state index is 6.02. The van der Waals surface area contributed by atoms with Crippen LogP contribution in [0, 0.1) is 20.8 Å². The molecule has 0 amide bonds. The summed E-state index contributed by atoms with van der Waals surface area (Å²) in [6.07, 6.45) is 0. The first-order valence-electron chi connectivity index (χ1n) is 6.53. The molecule has 3 heteroatoms. The van der Waals surface area contributed by atoms with E-state index in [0.29, 0.717) is 6.61 Å². The van der Waals surface area contributed by atoms with Crippen molar-refractivity contribution in [2.24, 2.45) is 0 Å². The third-order valence-electron chi connectivity index (χ3n) is 3.30. The maximum absolute atomic E-state index is 6.02. The van der Waals surface area contributed by atoms with Crippen molar-refractivity contribution < 1.29 is 4.74 Å². The summed E-state index contributed by atoms with van der Waals surface area (Å²) in [4.78, 5) is 2.62. The average Bonchev–Trinajstić information content (AvgIpc) is 2.82. The zero-order valence-electron chi connectivity index (χ0n) is 12.0. The van der Waals surface area contributed by atoms with Gasteiger partial charge in [0.05, 0.1) is 0 Å². The van der Waals surface area contributed by atoms with Crippen LogP contribution in [0.15, 0.2) is 24.3 Å². The van der Waals surface area contributed by atoms with Gasteiger partial charge in [0.25, 0.3) is 0 Å². The Morgan fingerprint density at radius 3 is 2.42 bits per heavy atom. The predicted octanol–water partition coefficient (Wildman–Crippen LogP) is 3.97. The van der Waals surface area contributed by atoms with E-state index in [2.05, 4.69) is 50.4 Å². The van der Waals surface area contributed by atoms with Crippen LogP contribution in [0.5, 0.6) is 5.75 Å². The Hall–Kier alpha value is -1.32. The Labute approximate surface area is 119 Å². The second kappa shape index (κ2) is 6.22. The van der Waals surface area contributed by atoms with Crippen LogP contribution in [0.25, 0.3) is 0 Å². The molecule has 1 aromatic heterocycles. The van der Waals surface area contributed by atoms with Crippen LogP contribution in [0.4, 0.5) is 0 Å². The van der Waals surface area contributed by atoms with Gasteiger partial charge in [-0.1, -0.05) is 12.1 Å². The summed E-state index contributed by atoms with van der Waals surface area (Å²) >= 11 is 1.81. The molecule has 2 nitrogen and oxygen atoms in total. The number of thiophene rings is 1. The van der Waals surface area contributed by atoms with Crippen molar-refractivity contribution in [3.63, 3.8) is 0 Å². The Balaban J connectivity index is 2.07. The highest BCUT2D eigenvalue weighted by molar-refractivity contribution is 7.11. The van der Waals surface area contributed by atoms with Gasteiger partial charge in [-0.05, 0) is 56.6 Å². The molecule has 1 N–H and O–H groups in total. The van der Waals surface area contributed by atoms with Crippen LogP contribution in [-0.2, 0) is 13.2 Å². The molecule has 1 aromatic carbocycles. The van der Waals surface area contributed by atoms with Gasteiger partial charge >= 0.3 is 0 Å². The average molecular weight is 275 g/mol. The molecule has 0 aliphatic carbocycles. The molecular weight excluding hydrogens is 254 g/mol. The number of hydrogen-bond acceptors (Lipinski definition) is 3. The van der Waals surface area contributed by atoms with Crippen molar-refractivity contribution in [2.75, 3.05) is 7.05 Å². The summed E-state index contributed by atoms with van der Waals surface area (Å²) in [5, 5.41) is 3.17. The fourth-order valence-corrected chi connectivity index (χ4v) is 3.00. The van der Waals surface area contributed by atoms with Crippen LogP contribution in [-0.4, -0.2) is 7.05 Å². The number of aryl methyl sites for hydroxylation is 2. The molecule has 2 aromatic rings. The lowest BCUT2D eigenvalue weighted by atomic mass is 10.1. The largest absolute Gasteiger partial charge is 0.488 e. The highest BCUT2D eigenvalue weighted by Gasteiger charge is 2.07. The van der Waals surface area contributed by atoms with Gasteiger partial charge < -0.3 is 10.1 Å². The summed E-state index contributed by atoms with van der Waals surface area (Å²) in [6.45, 7) is 7.92. The molecule has 0 unspecified atom stereocenters. The van der Waals surface area contributed by atoms with Gasteiger partial charge in [-0.2, -0.15) is 0 Å². The van der Waals surface area contributed by atoms with E-state index in [1.165, 1.54) is 26.4 Å². The minimum absolute atomic E-state index is 0.652. The van der Waals surface area contributed by atoms with Crippen molar-refractivity contribution >= 4 is 11.3 Å². The Kier molecular flexibility index (Phi) is 4.61. The van der Waals surface area contributed by atoms with E-state index in [0.717, 1.165) is 12.3 Å². The van der Waals surface area contributed by atoms with Gasteiger partial charge in [0.2, 0.25) is 0 Å². The number of benzene rings is 1. The molecule has 0 saturated carbocycles. The number of rotatable bonds is 5. The SMILES string of the molecule is CNCc1ccc(COc2c(C)ccc(C)c2C)s1. The van der Waals surface area contributed by atoms with Crippen LogP contribution in [0.3, 0.4) is 0 Å². The third-order valence-corrected chi connectivity index (χ3v) is 4.36. The summed E-state index contributed by atoms with van der Waals surface area (Å²) in [7, 11) is 1.97. The van der Waals surface area contributed by atoms with Gasteiger partial charge in [-0.25, -0.2) is 0 Å². The smallest absolute Gasteiger partial charge is 0.125 e. The molecule has 0 radical (unpaired) electrons. The van der Waals surface area contributed by atoms with Crippen molar-refractivity contribution in [3.8, 4) is 5.75 Å². The molecule has 0 fully saturated rings. The standard InChI is InChI=1S/C16H21NOS/c1-11-5-6-12(2)16(13(11)3)18-10-15-8-7-14(19-15)9-17-4/h5-8,17H,9-10H2,1-4H3. The molecule has 0 spiro atoms. The van der Waals surface area contributed by atoms with E-state index < -0.39 is 0 Å². The van der Waals surface area contributed by atoms with Crippen LogP contribution >= 0.6 is 11.3 Å². The minimum Gasteiger partial charge on any atom is -0.488 e. The van der Waals surface area contributed by atoms with Crippen LogP contribution in [0.2, 0.25) is 0 Å². The lowest BCUT2D eigenvalue weighted by Crippen LogP contribution is -2.02. The van der Waals surface area contributed by atoms with E-state index in [1.807, 2.05) is 7.05 Å². The van der Waals surface area contributed by atoms with Gasteiger partial charge in [0.15, 0.2) is 0 Å². The van der Waals surface area contributed by atoms with E-state index in [9.17, 15) is 0 Å². The highest BCUT2D eigenvalue weighted by Crippen LogP contribution is 2.27. The molecule has 19 heavy (non-hydrogen) atoms. The van der Waals surface area contributed by atoms with Crippen molar-refractivity contribution in [2.45, 2.75) is 33.9 Å². The highest BCUT2D eigenvalue weighted by atomic mass is 32.1. The second-order valence-corrected chi connectivity index (χ2v) is 6.09. The van der Waals surface area contributed by atoms with Gasteiger partial charge in [-0.3, -0.25) is 0 Å². The van der Waals surface area contributed by atoms with Gasteiger partial charge in [-0.15, -0.1) is 11.3 Å². The van der Waals surface area contributed by atoms with E-state index >= 15 is 0 Å². The monoisotopic (exact) mass is 275 g/mol. The van der Waals surface area contributed by atoms with Crippen molar-refractivity contribution in [1.82, 2.24) is 5.32 Å². The molecule has 0 saturated heterocycles. The maximum Gasteiger partial charge on any atom is 0.125 e. The van der Waals surface area contributed by atoms with Crippen LogP contribution < -0.4 is 10.1 Å². The zero-order chi connectivity index (χ0) is 13.8. The minimum atomic E-state index is 0.652. The molecule has 1 heterocycles. The molecular formula is C16H21NOS. The topological polar surface area (TPSA) is 21.3 Å². The molecule has 102 valence electrons. The van der Waals surface area contributed by atoms with E-state index in [1.54, 1.807) is 11.3 Å². The fraction of sp³-hybridized carbons (Fsp3) is 0.375. The number of nitrogens with one attached hydrogen (secondary N) is 1. The Bertz CT molecular complexity index is 560. The quantitative estimate of drug-likeness (QED) is 0.891. The first-order valence-corrected chi connectivity index (χ1v) is 7.35. The lowest BCUT2D eigenvalue weighted by molar-refractivity contribution is 0.305. The van der Waals surface area contributed by atoms with Gasteiger partial charge in [0.1, 0.15) is 12.4 Å². The van der Waals surface area contributed by atoms with E-state index in [4.69, 9.17) is 4.74 Å². The normalized spacial score (nSPS) is 10.7. The van der Waals surface area contributed by atoms with Gasteiger partial charge in [0, 0.05) is 16.3 Å². The zero-order valence-corrected chi connectivity index (χ0v) is 12.9. The third kappa shape index (κ3) is 3.37. The molecule has 2 rings (SSSR count). The molecule has 0 aliphatic heterocycles. The Morgan fingerprint density at radius 2 is 1.68 bits per heavy atom. The first-order chi connectivity index (χ1) is 9.11. The Morgan fingerprint density at radius 1 is 1.00 bits per heavy atom. The second-order valence-electron chi connectivity index (χ2n) is 4.84.